The van der Waals surface area contributed by atoms with Gasteiger partial charge in [0.2, 0.25) is 0 Å². The van der Waals surface area contributed by atoms with Crippen LogP contribution in [0.1, 0.15) is 55.9 Å². The van der Waals surface area contributed by atoms with Crippen LogP contribution in [-0.2, 0) is 18.3 Å². The Morgan fingerprint density at radius 2 is 1.35 bits per heavy atom. The summed E-state index contributed by atoms with van der Waals surface area (Å²) in [5, 5.41) is 3.75. The fourth-order valence-corrected chi connectivity index (χ4v) is 3.92. The Labute approximate surface area is 141 Å². The van der Waals surface area contributed by atoms with Gasteiger partial charge in [0, 0.05) is 11.5 Å². The maximum atomic E-state index is 3.75. The van der Waals surface area contributed by atoms with Crippen LogP contribution in [0.2, 0.25) is 0 Å². The largest absolute Gasteiger partial charge is 0.313 e. The topological polar surface area (TPSA) is 12.0 Å². The molecule has 122 valence electrons. The molecule has 2 aromatic rings. The molecule has 1 fully saturated rings. The van der Waals surface area contributed by atoms with Crippen LogP contribution in [0.4, 0.5) is 0 Å². The highest BCUT2D eigenvalue weighted by Crippen LogP contribution is 2.39. The summed E-state index contributed by atoms with van der Waals surface area (Å²) in [7, 11) is 0. The van der Waals surface area contributed by atoms with Crippen molar-refractivity contribution in [3.05, 3.63) is 70.8 Å². The minimum Gasteiger partial charge on any atom is -0.313 e. The van der Waals surface area contributed by atoms with Crippen molar-refractivity contribution in [3.8, 4) is 0 Å². The smallest absolute Gasteiger partial charge is 0.0327 e. The van der Waals surface area contributed by atoms with Gasteiger partial charge in [-0.1, -0.05) is 62.4 Å². The standard InChI is InChI=1S/C22H29N/c1-4-17-8-12-19(13-9-17)22(3,21-7-6-16-23-21)20-14-10-18(5-2)11-15-20/h8-15,21,23H,4-7,16H2,1-3H3/t21-/m0/s1. The zero-order valence-electron chi connectivity index (χ0n) is 14.7. The van der Waals surface area contributed by atoms with Gasteiger partial charge in [-0.2, -0.15) is 0 Å². The number of hydrogen-bond donors (Lipinski definition) is 1. The molecule has 0 radical (unpaired) electrons. The predicted molar refractivity (Wildman–Crippen MR) is 99.1 cm³/mol. The predicted octanol–water partition coefficient (Wildman–Crippen LogP) is 4.87. The minimum absolute atomic E-state index is 0.0367. The number of nitrogens with one attached hydrogen (secondary N) is 1. The molecule has 0 bridgehead atoms. The van der Waals surface area contributed by atoms with Crippen LogP contribution in [0.3, 0.4) is 0 Å². The molecule has 1 atom stereocenters. The molecule has 0 saturated carbocycles. The van der Waals surface area contributed by atoms with Crippen molar-refractivity contribution in [2.75, 3.05) is 6.54 Å². The molecule has 1 N–H and O–H groups in total. The highest BCUT2D eigenvalue weighted by molar-refractivity contribution is 5.43. The van der Waals surface area contributed by atoms with Gasteiger partial charge in [-0.05, 0) is 61.4 Å². The Hall–Kier alpha value is -1.60. The average molecular weight is 307 g/mol. The maximum Gasteiger partial charge on any atom is 0.0327 e. The van der Waals surface area contributed by atoms with E-state index in [2.05, 4.69) is 74.6 Å². The van der Waals surface area contributed by atoms with Gasteiger partial charge in [0.15, 0.2) is 0 Å². The molecule has 1 saturated heterocycles. The van der Waals surface area contributed by atoms with Crippen LogP contribution < -0.4 is 5.32 Å². The third kappa shape index (κ3) is 3.07. The zero-order valence-corrected chi connectivity index (χ0v) is 14.7. The summed E-state index contributed by atoms with van der Waals surface area (Å²) in [5.41, 5.74) is 5.72. The van der Waals surface area contributed by atoms with Crippen LogP contribution in [0.5, 0.6) is 0 Å². The molecule has 0 aliphatic carbocycles. The Bertz CT molecular complexity index is 571. The summed E-state index contributed by atoms with van der Waals surface area (Å²) in [6, 6.07) is 19.1. The van der Waals surface area contributed by atoms with Crippen molar-refractivity contribution in [3.63, 3.8) is 0 Å². The molecule has 1 heterocycles. The molecule has 1 heteroatoms. The number of benzene rings is 2. The Morgan fingerprint density at radius 1 is 0.870 bits per heavy atom. The van der Waals surface area contributed by atoms with Crippen LogP contribution >= 0.6 is 0 Å². The average Bonchev–Trinajstić information content (AvgIpc) is 3.16. The quantitative estimate of drug-likeness (QED) is 0.831. The number of hydrogen-bond acceptors (Lipinski definition) is 1. The molecular formula is C22H29N. The second kappa shape index (κ2) is 6.88. The van der Waals surface area contributed by atoms with E-state index in [0.29, 0.717) is 6.04 Å². The second-order valence-electron chi connectivity index (χ2n) is 6.95. The van der Waals surface area contributed by atoms with Crippen LogP contribution in [0.25, 0.3) is 0 Å². The lowest BCUT2D eigenvalue weighted by molar-refractivity contribution is 0.407. The van der Waals surface area contributed by atoms with E-state index in [9.17, 15) is 0 Å². The second-order valence-corrected chi connectivity index (χ2v) is 6.95. The van der Waals surface area contributed by atoms with Crippen LogP contribution in [-0.4, -0.2) is 12.6 Å². The van der Waals surface area contributed by atoms with Crippen LogP contribution in [0.15, 0.2) is 48.5 Å². The SMILES string of the molecule is CCc1ccc(C(C)(c2ccc(CC)cc2)[C@@H]2CCCN2)cc1. The molecule has 0 amide bonds. The highest BCUT2D eigenvalue weighted by atomic mass is 15.0. The van der Waals surface area contributed by atoms with E-state index < -0.39 is 0 Å². The van der Waals surface area contributed by atoms with E-state index in [-0.39, 0.29) is 5.41 Å². The summed E-state index contributed by atoms with van der Waals surface area (Å²) in [4.78, 5) is 0. The first-order chi connectivity index (χ1) is 11.2. The number of aryl methyl sites for hydroxylation is 2. The first-order valence-electron chi connectivity index (χ1n) is 9.10. The van der Waals surface area contributed by atoms with Crippen molar-refractivity contribution in [1.82, 2.24) is 5.32 Å². The maximum absolute atomic E-state index is 3.75. The van der Waals surface area contributed by atoms with E-state index in [4.69, 9.17) is 0 Å². The lowest BCUT2D eigenvalue weighted by atomic mass is 9.70. The Morgan fingerprint density at radius 3 is 1.70 bits per heavy atom. The van der Waals surface area contributed by atoms with Gasteiger partial charge in [0.1, 0.15) is 0 Å². The van der Waals surface area contributed by atoms with Gasteiger partial charge >= 0.3 is 0 Å². The molecule has 1 aliphatic rings. The summed E-state index contributed by atoms with van der Waals surface area (Å²) in [5.74, 6) is 0. The van der Waals surface area contributed by atoms with Crippen LogP contribution in [0, 0.1) is 0 Å². The minimum atomic E-state index is 0.0367. The van der Waals surface area contributed by atoms with Gasteiger partial charge in [0.05, 0.1) is 0 Å². The van der Waals surface area contributed by atoms with Crippen molar-refractivity contribution in [1.29, 1.82) is 0 Å². The Kier molecular flexibility index (Phi) is 4.87. The number of rotatable bonds is 5. The van der Waals surface area contributed by atoms with E-state index in [1.54, 1.807) is 0 Å². The molecule has 2 aromatic carbocycles. The summed E-state index contributed by atoms with van der Waals surface area (Å²) < 4.78 is 0. The van der Waals surface area contributed by atoms with E-state index in [0.717, 1.165) is 19.4 Å². The van der Waals surface area contributed by atoms with Gasteiger partial charge < -0.3 is 5.32 Å². The monoisotopic (exact) mass is 307 g/mol. The fraction of sp³-hybridized carbons (Fsp3) is 0.455. The lowest BCUT2D eigenvalue weighted by Gasteiger charge is -2.37. The molecule has 0 aromatic heterocycles. The van der Waals surface area contributed by atoms with Crippen molar-refractivity contribution in [2.24, 2.45) is 0 Å². The first-order valence-corrected chi connectivity index (χ1v) is 9.10. The molecule has 0 unspecified atom stereocenters. The molecule has 1 aliphatic heterocycles. The summed E-state index contributed by atoms with van der Waals surface area (Å²) >= 11 is 0. The third-order valence-electron chi connectivity index (χ3n) is 5.68. The zero-order chi connectivity index (χ0) is 16.3. The van der Waals surface area contributed by atoms with Crippen molar-refractivity contribution < 1.29 is 0 Å². The lowest BCUT2D eigenvalue weighted by Crippen LogP contribution is -2.44. The summed E-state index contributed by atoms with van der Waals surface area (Å²) in [6.07, 6.45) is 4.73. The molecule has 1 nitrogen and oxygen atoms in total. The van der Waals surface area contributed by atoms with E-state index in [1.807, 2.05) is 0 Å². The fourth-order valence-electron chi connectivity index (χ4n) is 3.92. The molecule has 0 spiro atoms. The van der Waals surface area contributed by atoms with Gasteiger partial charge in [-0.3, -0.25) is 0 Å². The van der Waals surface area contributed by atoms with Crippen molar-refractivity contribution >= 4 is 0 Å². The third-order valence-corrected chi connectivity index (χ3v) is 5.68. The van der Waals surface area contributed by atoms with Gasteiger partial charge in [0.25, 0.3) is 0 Å². The van der Waals surface area contributed by atoms with Crippen molar-refractivity contribution in [2.45, 2.75) is 57.9 Å². The molecular weight excluding hydrogens is 278 g/mol. The highest BCUT2D eigenvalue weighted by Gasteiger charge is 2.38. The van der Waals surface area contributed by atoms with E-state index in [1.165, 1.54) is 35.1 Å². The van der Waals surface area contributed by atoms with Gasteiger partial charge in [-0.15, -0.1) is 0 Å². The Balaban J connectivity index is 2.04. The molecule has 3 rings (SSSR count). The molecule has 23 heavy (non-hydrogen) atoms. The van der Waals surface area contributed by atoms with E-state index >= 15 is 0 Å². The van der Waals surface area contributed by atoms with Gasteiger partial charge in [-0.25, -0.2) is 0 Å². The first kappa shape index (κ1) is 16.3. The normalized spacial score (nSPS) is 18.3. The summed E-state index contributed by atoms with van der Waals surface area (Å²) in [6.45, 7) is 7.99.